The fraction of sp³-hybridized carbons (Fsp3) is 0.943. The lowest BCUT2D eigenvalue weighted by molar-refractivity contribution is -0.357. The van der Waals surface area contributed by atoms with Gasteiger partial charge < -0.3 is 104 Å². The molecule has 4 saturated heterocycles. The Labute approximate surface area is 437 Å². The molecule has 0 aromatic rings. The van der Waals surface area contributed by atoms with Crippen LogP contribution in [-0.2, 0) is 42.7 Å². The molecule has 8 fully saturated rings. The van der Waals surface area contributed by atoms with Crippen molar-refractivity contribution in [2.75, 3.05) is 26.4 Å². The second-order valence-corrected chi connectivity index (χ2v) is 25.3. The Kier molecular flexibility index (Phi) is 16.6. The minimum Gasteiger partial charge on any atom is -0.432 e. The van der Waals surface area contributed by atoms with E-state index in [-0.39, 0.29) is 58.5 Å². The topological polar surface area (TPSA) is 354 Å². The number of allylic oxidation sites excluding steroid dienone is 2. The van der Waals surface area contributed by atoms with Gasteiger partial charge >= 0.3 is 5.97 Å². The zero-order valence-corrected chi connectivity index (χ0v) is 44.2. The minimum absolute atomic E-state index is 0.0701. The van der Waals surface area contributed by atoms with E-state index in [1.165, 1.54) is 5.57 Å². The molecule has 0 bridgehead atoms. The first kappa shape index (κ1) is 58.1. The van der Waals surface area contributed by atoms with Gasteiger partial charge in [-0.15, -0.1) is 0 Å². The highest BCUT2D eigenvalue weighted by atomic mass is 16.8. The Hall–Kier alpha value is -1.59. The van der Waals surface area contributed by atoms with Crippen LogP contribution < -0.4 is 0 Å². The van der Waals surface area contributed by atoms with Crippen LogP contribution in [0.5, 0.6) is 0 Å². The normalized spacial score (nSPS) is 54.8. The third kappa shape index (κ3) is 9.40. The van der Waals surface area contributed by atoms with Gasteiger partial charge in [-0.2, -0.15) is 0 Å². The van der Waals surface area contributed by atoms with Crippen LogP contribution in [0.4, 0.5) is 0 Å². The van der Waals surface area contributed by atoms with E-state index in [1.54, 1.807) is 0 Å². The number of carbonyl (C=O) groups excluding carboxylic acids is 1. The highest BCUT2D eigenvalue weighted by Gasteiger charge is 2.70. The monoisotopic (exact) mass is 1070 g/mol. The van der Waals surface area contributed by atoms with Crippen LogP contribution in [0.2, 0.25) is 0 Å². The summed E-state index contributed by atoms with van der Waals surface area (Å²) in [6.07, 6.45) is -21.2. The number of aliphatic hydroxyl groups is 13. The Morgan fingerprint density at radius 1 is 0.613 bits per heavy atom. The molecule has 29 atom stereocenters. The van der Waals surface area contributed by atoms with Gasteiger partial charge in [-0.3, -0.25) is 4.79 Å². The predicted molar refractivity (Wildman–Crippen MR) is 257 cm³/mol. The fourth-order valence-corrected chi connectivity index (χ4v) is 16.4. The number of hydrogen-bond donors (Lipinski definition) is 13. The largest absolute Gasteiger partial charge is 0.432 e. The molecule has 75 heavy (non-hydrogen) atoms. The van der Waals surface area contributed by atoms with E-state index in [2.05, 4.69) is 54.5 Å². The van der Waals surface area contributed by atoms with Crippen LogP contribution in [0.1, 0.15) is 106 Å². The number of aliphatic hydroxyl groups excluding tert-OH is 13. The van der Waals surface area contributed by atoms with Gasteiger partial charge in [0.05, 0.1) is 37.9 Å². The number of hydrogen-bond acceptors (Lipinski definition) is 22. The molecule has 22 nitrogen and oxygen atoms in total. The van der Waals surface area contributed by atoms with Crippen molar-refractivity contribution in [2.45, 2.75) is 229 Å². The standard InChI is InChI=1S/C53H86O22/c1-22-10-15-53(48(67)75-47-41(65)38(62)35(59)28(72-47)21-69-44-39(63)36(60)33(57)26(18-54)70-44)17-16-51(6)24(32(53)23(22)2)8-9-30-50(5)13-12-31(49(3,4)29(50)11-14-52(30,51)7)73-45-42(66)43(25(56)20-68-45)74-46-40(64)37(61)34(58)27(19-55)71-46/h8,22-23,25-47,54-66H,9-21H2,1-7H3/t22-,23+,25-,26-,27-,28-,29+,30-,31+,32+,33-,34-,35-,36+,37+,38+,39-,40-,41-,42+,43-,44-,45+,46+,47+,50+,51-,52-,53+/m1/s1. The lowest BCUT2D eigenvalue weighted by Gasteiger charge is -2.71. The van der Waals surface area contributed by atoms with Crippen molar-refractivity contribution in [2.24, 2.45) is 56.7 Å². The first-order valence-electron chi connectivity index (χ1n) is 27.3. The lowest BCUT2D eigenvalue weighted by Crippen LogP contribution is -2.66. The van der Waals surface area contributed by atoms with Gasteiger partial charge in [0, 0.05) is 0 Å². The van der Waals surface area contributed by atoms with Crippen molar-refractivity contribution in [1.29, 1.82) is 0 Å². The van der Waals surface area contributed by atoms with Crippen molar-refractivity contribution < 1.29 is 109 Å². The van der Waals surface area contributed by atoms with Gasteiger partial charge in [-0.1, -0.05) is 60.1 Å². The van der Waals surface area contributed by atoms with E-state index in [9.17, 15) is 66.4 Å². The minimum atomic E-state index is -1.82. The summed E-state index contributed by atoms with van der Waals surface area (Å²) in [5, 5.41) is 137. The molecule has 0 aromatic carbocycles. The maximum Gasteiger partial charge on any atom is 0.315 e. The molecule has 13 N–H and O–H groups in total. The molecule has 0 amide bonds. The molecule has 9 aliphatic rings. The van der Waals surface area contributed by atoms with Gasteiger partial charge in [0.1, 0.15) is 91.6 Å². The maximum absolute atomic E-state index is 15.1. The van der Waals surface area contributed by atoms with Crippen LogP contribution in [0.3, 0.4) is 0 Å². The summed E-state index contributed by atoms with van der Waals surface area (Å²) in [6, 6.07) is 0. The first-order valence-corrected chi connectivity index (χ1v) is 27.3. The second-order valence-electron chi connectivity index (χ2n) is 25.3. The Balaban J connectivity index is 0.905. The van der Waals surface area contributed by atoms with Crippen LogP contribution in [-0.4, -0.2) is 222 Å². The zero-order valence-electron chi connectivity index (χ0n) is 44.2. The highest BCUT2D eigenvalue weighted by Crippen LogP contribution is 2.76. The van der Waals surface area contributed by atoms with E-state index in [4.69, 9.17) is 37.9 Å². The van der Waals surface area contributed by atoms with E-state index in [0.29, 0.717) is 25.7 Å². The summed E-state index contributed by atoms with van der Waals surface area (Å²) < 4.78 is 47.2. The van der Waals surface area contributed by atoms with Crippen molar-refractivity contribution in [3.63, 3.8) is 0 Å². The predicted octanol–water partition coefficient (Wildman–Crippen LogP) is -1.54. The molecule has 9 rings (SSSR count). The summed E-state index contributed by atoms with van der Waals surface area (Å²) in [6.45, 7) is 13.9. The summed E-state index contributed by atoms with van der Waals surface area (Å²) >= 11 is 0. The summed E-state index contributed by atoms with van der Waals surface area (Å²) in [7, 11) is 0. The van der Waals surface area contributed by atoms with E-state index >= 15 is 4.79 Å². The number of esters is 1. The molecule has 0 spiro atoms. The van der Waals surface area contributed by atoms with Crippen LogP contribution >= 0.6 is 0 Å². The maximum atomic E-state index is 15.1. The summed E-state index contributed by atoms with van der Waals surface area (Å²) in [4.78, 5) is 15.1. The van der Waals surface area contributed by atoms with Crippen LogP contribution in [0.15, 0.2) is 11.6 Å². The molecule has 0 radical (unpaired) electrons. The Morgan fingerprint density at radius 3 is 1.84 bits per heavy atom. The quantitative estimate of drug-likeness (QED) is 0.0633. The molecular weight excluding hydrogens is 989 g/mol. The number of ether oxygens (including phenoxy) is 8. The smallest absolute Gasteiger partial charge is 0.315 e. The fourth-order valence-electron chi connectivity index (χ4n) is 16.4. The molecule has 22 heteroatoms. The average molecular weight is 1080 g/mol. The molecule has 4 aliphatic heterocycles. The Morgan fingerprint density at radius 2 is 1.20 bits per heavy atom. The van der Waals surface area contributed by atoms with E-state index in [0.717, 1.165) is 32.1 Å². The summed E-state index contributed by atoms with van der Waals surface area (Å²) in [5.74, 6) is -0.00547. The molecule has 4 heterocycles. The zero-order chi connectivity index (χ0) is 54.6. The van der Waals surface area contributed by atoms with Crippen molar-refractivity contribution in [3.05, 3.63) is 11.6 Å². The number of fused-ring (bicyclic) bond motifs is 7. The van der Waals surface area contributed by atoms with E-state index < -0.39 is 153 Å². The Bertz CT molecular complexity index is 2040. The third-order valence-corrected chi connectivity index (χ3v) is 21.4. The van der Waals surface area contributed by atoms with E-state index in [1.807, 2.05) is 0 Å². The van der Waals surface area contributed by atoms with Gasteiger partial charge in [0.25, 0.3) is 0 Å². The molecule has 4 saturated carbocycles. The van der Waals surface area contributed by atoms with Crippen LogP contribution in [0.25, 0.3) is 0 Å². The second kappa shape index (κ2) is 21.4. The van der Waals surface area contributed by atoms with Crippen molar-refractivity contribution in [3.8, 4) is 0 Å². The molecule has 5 aliphatic carbocycles. The lowest BCUT2D eigenvalue weighted by atomic mass is 9.33. The molecule has 0 aromatic heterocycles. The van der Waals surface area contributed by atoms with Crippen LogP contribution in [0, 0.1) is 56.7 Å². The number of carbonyl (C=O) groups is 1. The van der Waals surface area contributed by atoms with Gasteiger partial charge in [-0.05, 0) is 109 Å². The summed E-state index contributed by atoms with van der Waals surface area (Å²) in [5.41, 5.74) is -0.823. The van der Waals surface area contributed by atoms with Gasteiger partial charge in [-0.25, -0.2) is 0 Å². The molecule has 430 valence electrons. The first-order chi connectivity index (χ1) is 35.2. The van der Waals surface area contributed by atoms with Crippen molar-refractivity contribution >= 4 is 5.97 Å². The molecular formula is C53H86O22. The highest BCUT2D eigenvalue weighted by molar-refractivity contribution is 5.79. The van der Waals surface area contributed by atoms with Gasteiger partial charge in [0.15, 0.2) is 18.9 Å². The SMILES string of the molecule is C[C@H]1[C@H](C)CC[C@]2(C(=O)O[C@@H]3O[C@H](CO[C@@H]4O[C@H](CO)[C@@H](O)[C@H](O)[C@H]4O)[C@@H](O)[C@H](O)[C@H]3O)CC[C@]3(C)C(=CC[C@@H]4[C@@]5(C)CC[C@H](O[C@@H]6OC[C@@H](O)[C@@H](O[C@@H]7O[C@H](CO)[C@@H](O)[C@H](O)[C@H]7O)[C@@H]6O)C(C)(C)[C@@H]5CC[C@]43C)[C@H]12. The molecule has 0 unspecified atom stereocenters. The van der Waals surface area contributed by atoms with Crippen molar-refractivity contribution in [1.82, 2.24) is 0 Å². The number of rotatable bonds is 11. The average Bonchev–Trinajstić information content (AvgIpc) is 3.44. The third-order valence-electron chi connectivity index (χ3n) is 21.4. The van der Waals surface area contributed by atoms with Gasteiger partial charge in [0.2, 0.25) is 6.29 Å².